The first-order valence-corrected chi connectivity index (χ1v) is 9.82. The van der Waals surface area contributed by atoms with Gasteiger partial charge in [0.15, 0.2) is 5.96 Å². The zero-order chi connectivity index (χ0) is 19.0. The monoisotopic (exact) mass is 506 g/mol. The van der Waals surface area contributed by atoms with Crippen molar-refractivity contribution in [2.24, 2.45) is 10.4 Å². The number of aliphatic imine (C=N–C) groups is 1. The number of nitrogens with zero attached hydrogens (tertiary/aromatic N) is 2. The highest BCUT2D eigenvalue weighted by Crippen LogP contribution is 2.22. The van der Waals surface area contributed by atoms with Crippen LogP contribution in [0.1, 0.15) is 39.2 Å². The van der Waals surface area contributed by atoms with Crippen LogP contribution in [0.2, 0.25) is 5.02 Å². The van der Waals surface area contributed by atoms with Gasteiger partial charge in [-0.25, -0.2) is 4.99 Å². The lowest BCUT2D eigenvalue weighted by Crippen LogP contribution is -2.43. The topological polar surface area (TPSA) is 56.7 Å². The molecular weight excluding hydrogens is 475 g/mol. The molecule has 2 rings (SSSR count). The Morgan fingerprint density at radius 3 is 2.59 bits per heavy atom. The number of carbonyl (C=O) groups excluding carboxylic acids is 1. The minimum Gasteiger partial charge on any atom is -0.357 e. The SMILES string of the molecule is CCNC(=NCC(=O)N1CCCC1)NCC(C)(C)Cc1cccc(Cl)c1.I. The fourth-order valence-electron chi connectivity index (χ4n) is 3.14. The van der Waals surface area contributed by atoms with Gasteiger partial charge in [0.1, 0.15) is 6.54 Å². The Kier molecular flexibility index (Phi) is 10.4. The van der Waals surface area contributed by atoms with E-state index >= 15 is 0 Å². The molecule has 0 radical (unpaired) electrons. The van der Waals surface area contributed by atoms with Gasteiger partial charge in [-0.05, 0) is 49.3 Å². The molecule has 0 spiro atoms. The van der Waals surface area contributed by atoms with E-state index in [0.29, 0.717) is 5.96 Å². The second-order valence-electron chi connectivity index (χ2n) is 7.61. The van der Waals surface area contributed by atoms with Crippen LogP contribution >= 0.6 is 35.6 Å². The van der Waals surface area contributed by atoms with Crippen LogP contribution in [0.3, 0.4) is 0 Å². The summed E-state index contributed by atoms with van der Waals surface area (Å²) in [4.78, 5) is 18.5. The number of rotatable bonds is 7. The van der Waals surface area contributed by atoms with Gasteiger partial charge in [-0.3, -0.25) is 4.79 Å². The number of halogens is 2. The molecule has 1 amide bonds. The molecule has 0 aromatic heterocycles. The molecule has 0 bridgehead atoms. The van der Waals surface area contributed by atoms with Crippen LogP contribution in [0.5, 0.6) is 0 Å². The average molecular weight is 507 g/mol. The smallest absolute Gasteiger partial charge is 0.244 e. The van der Waals surface area contributed by atoms with Crippen molar-refractivity contribution in [3.8, 4) is 0 Å². The third-order valence-electron chi connectivity index (χ3n) is 4.48. The molecule has 0 saturated carbocycles. The van der Waals surface area contributed by atoms with E-state index in [1.807, 2.05) is 30.0 Å². The van der Waals surface area contributed by atoms with Crippen molar-refractivity contribution in [3.05, 3.63) is 34.9 Å². The second-order valence-corrected chi connectivity index (χ2v) is 8.04. The summed E-state index contributed by atoms with van der Waals surface area (Å²) in [6, 6.07) is 7.99. The maximum absolute atomic E-state index is 12.2. The van der Waals surface area contributed by atoms with Crippen molar-refractivity contribution >= 4 is 47.4 Å². The number of carbonyl (C=O) groups is 1. The van der Waals surface area contributed by atoms with Crippen LogP contribution in [0, 0.1) is 5.41 Å². The average Bonchev–Trinajstić information content (AvgIpc) is 3.11. The van der Waals surface area contributed by atoms with Gasteiger partial charge in [0, 0.05) is 31.2 Å². The van der Waals surface area contributed by atoms with Crippen molar-refractivity contribution in [2.75, 3.05) is 32.7 Å². The maximum Gasteiger partial charge on any atom is 0.244 e. The lowest BCUT2D eigenvalue weighted by atomic mass is 9.86. The van der Waals surface area contributed by atoms with Gasteiger partial charge in [-0.15, -0.1) is 24.0 Å². The molecule has 1 aliphatic rings. The van der Waals surface area contributed by atoms with Crippen molar-refractivity contribution < 1.29 is 4.79 Å². The fraction of sp³-hybridized carbons (Fsp3) is 0.600. The summed E-state index contributed by atoms with van der Waals surface area (Å²) >= 11 is 6.09. The van der Waals surface area contributed by atoms with E-state index in [9.17, 15) is 4.79 Å². The number of guanidine groups is 1. The van der Waals surface area contributed by atoms with Crippen LogP contribution in [-0.4, -0.2) is 49.5 Å². The minimum absolute atomic E-state index is 0. The number of hydrogen-bond acceptors (Lipinski definition) is 2. The Morgan fingerprint density at radius 2 is 1.96 bits per heavy atom. The van der Waals surface area contributed by atoms with E-state index in [-0.39, 0.29) is 41.8 Å². The van der Waals surface area contributed by atoms with Gasteiger partial charge >= 0.3 is 0 Å². The number of benzene rings is 1. The molecule has 1 aromatic rings. The molecule has 5 nitrogen and oxygen atoms in total. The van der Waals surface area contributed by atoms with Gasteiger partial charge in [0.05, 0.1) is 0 Å². The van der Waals surface area contributed by atoms with Crippen molar-refractivity contribution in [2.45, 2.75) is 40.0 Å². The van der Waals surface area contributed by atoms with Gasteiger partial charge in [0.2, 0.25) is 5.91 Å². The predicted molar refractivity (Wildman–Crippen MR) is 124 cm³/mol. The summed E-state index contributed by atoms with van der Waals surface area (Å²) in [5, 5.41) is 7.36. The van der Waals surface area contributed by atoms with Crippen LogP contribution in [0.4, 0.5) is 0 Å². The first-order valence-electron chi connectivity index (χ1n) is 9.44. The molecule has 0 atom stereocenters. The Balaban J connectivity index is 0.00000364. The van der Waals surface area contributed by atoms with Crippen molar-refractivity contribution in [3.63, 3.8) is 0 Å². The first kappa shape index (κ1) is 24.0. The minimum atomic E-state index is 0. The Bertz CT molecular complexity index is 630. The zero-order valence-corrected chi connectivity index (χ0v) is 19.6. The highest BCUT2D eigenvalue weighted by Gasteiger charge is 2.20. The predicted octanol–water partition coefficient (Wildman–Crippen LogP) is 3.70. The van der Waals surface area contributed by atoms with Gasteiger partial charge in [-0.2, -0.15) is 0 Å². The normalized spacial score (nSPS) is 14.7. The lowest BCUT2D eigenvalue weighted by molar-refractivity contribution is -0.128. The summed E-state index contributed by atoms with van der Waals surface area (Å²) in [6.07, 6.45) is 3.11. The summed E-state index contributed by atoms with van der Waals surface area (Å²) < 4.78 is 0. The molecular formula is C20H32ClIN4O. The van der Waals surface area contributed by atoms with E-state index in [2.05, 4.69) is 35.5 Å². The standard InChI is InChI=1S/C20H31ClN4O.HI/c1-4-22-19(23-14-18(26)25-10-5-6-11-25)24-15-20(2,3)13-16-8-7-9-17(21)12-16;/h7-9,12H,4-6,10-11,13-15H2,1-3H3,(H2,22,23,24);1H. The summed E-state index contributed by atoms with van der Waals surface area (Å²) in [5.74, 6) is 0.803. The second kappa shape index (κ2) is 11.7. The van der Waals surface area contributed by atoms with Crippen LogP contribution in [0.15, 0.2) is 29.3 Å². The molecule has 1 aromatic carbocycles. The molecule has 1 aliphatic heterocycles. The third kappa shape index (κ3) is 8.68. The fourth-order valence-corrected chi connectivity index (χ4v) is 3.35. The largest absolute Gasteiger partial charge is 0.357 e. The Hall–Kier alpha value is -1.02. The van der Waals surface area contributed by atoms with Gasteiger partial charge < -0.3 is 15.5 Å². The van der Waals surface area contributed by atoms with E-state index in [0.717, 1.165) is 50.5 Å². The van der Waals surface area contributed by atoms with E-state index in [1.54, 1.807) is 0 Å². The molecule has 27 heavy (non-hydrogen) atoms. The molecule has 1 fully saturated rings. The summed E-state index contributed by atoms with van der Waals surface area (Å²) in [7, 11) is 0. The van der Waals surface area contributed by atoms with E-state index in [4.69, 9.17) is 11.6 Å². The Morgan fingerprint density at radius 1 is 1.26 bits per heavy atom. The molecule has 152 valence electrons. The third-order valence-corrected chi connectivity index (χ3v) is 4.72. The molecule has 1 heterocycles. The summed E-state index contributed by atoms with van der Waals surface area (Å²) in [5.41, 5.74) is 1.25. The molecule has 2 N–H and O–H groups in total. The van der Waals surface area contributed by atoms with Gasteiger partial charge in [0.25, 0.3) is 0 Å². The highest BCUT2D eigenvalue weighted by molar-refractivity contribution is 14.0. The number of amides is 1. The molecule has 7 heteroatoms. The molecule has 1 saturated heterocycles. The van der Waals surface area contributed by atoms with E-state index < -0.39 is 0 Å². The summed E-state index contributed by atoms with van der Waals surface area (Å²) in [6.45, 7) is 9.89. The maximum atomic E-state index is 12.2. The van der Waals surface area contributed by atoms with E-state index in [1.165, 1.54) is 5.56 Å². The highest BCUT2D eigenvalue weighted by atomic mass is 127. The quantitative estimate of drug-likeness (QED) is 0.337. The number of nitrogens with one attached hydrogen (secondary N) is 2. The molecule has 0 unspecified atom stereocenters. The number of hydrogen-bond donors (Lipinski definition) is 2. The Labute approximate surface area is 185 Å². The zero-order valence-electron chi connectivity index (χ0n) is 16.6. The van der Waals surface area contributed by atoms with Gasteiger partial charge in [-0.1, -0.05) is 37.6 Å². The molecule has 0 aliphatic carbocycles. The van der Waals surface area contributed by atoms with Crippen LogP contribution in [-0.2, 0) is 11.2 Å². The van der Waals surface area contributed by atoms with Crippen molar-refractivity contribution in [1.82, 2.24) is 15.5 Å². The van der Waals surface area contributed by atoms with Crippen LogP contribution < -0.4 is 10.6 Å². The first-order chi connectivity index (χ1) is 12.4. The number of likely N-dealkylation sites (tertiary alicyclic amines) is 1. The lowest BCUT2D eigenvalue weighted by Gasteiger charge is -2.26. The van der Waals surface area contributed by atoms with Crippen molar-refractivity contribution in [1.29, 1.82) is 0 Å². The van der Waals surface area contributed by atoms with Crippen LogP contribution in [0.25, 0.3) is 0 Å².